The topological polar surface area (TPSA) is 119 Å². The summed E-state index contributed by atoms with van der Waals surface area (Å²) in [5, 5.41) is 14.6. The fourth-order valence-electron chi connectivity index (χ4n) is 2.58. The van der Waals surface area contributed by atoms with Gasteiger partial charge < -0.3 is 25.7 Å². The third kappa shape index (κ3) is 7.26. The maximum absolute atomic E-state index is 10.7. The maximum atomic E-state index is 10.7. The number of amides is 1. The van der Waals surface area contributed by atoms with Crippen molar-refractivity contribution in [2.45, 2.75) is 33.2 Å². The highest BCUT2D eigenvalue weighted by Crippen LogP contribution is 2.12. The Morgan fingerprint density at radius 3 is 2.71 bits per heavy atom. The molecule has 152 valence electrons. The van der Waals surface area contributed by atoms with E-state index in [1.807, 2.05) is 35.8 Å². The Hall–Kier alpha value is -3.10. The van der Waals surface area contributed by atoms with Crippen LogP contribution in [-0.2, 0) is 24.2 Å². The minimum Gasteiger partial charge on any atom is -0.484 e. The van der Waals surface area contributed by atoms with Gasteiger partial charge >= 0.3 is 0 Å². The molecular weight excluding hydrogens is 358 g/mol. The van der Waals surface area contributed by atoms with Gasteiger partial charge in [0.05, 0.1) is 0 Å². The molecule has 0 unspecified atom stereocenters. The SMILES string of the molecule is CCNC(=NCCc1ccc(OCC(N)=O)cc1)NCCn1cnnc1CC. The van der Waals surface area contributed by atoms with Gasteiger partial charge in [-0.25, -0.2) is 0 Å². The van der Waals surface area contributed by atoms with Crippen LogP contribution in [-0.4, -0.2) is 52.9 Å². The van der Waals surface area contributed by atoms with Crippen LogP contribution in [0.5, 0.6) is 5.75 Å². The van der Waals surface area contributed by atoms with Crippen molar-refractivity contribution in [2.75, 3.05) is 26.2 Å². The Morgan fingerprint density at radius 2 is 2.04 bits per heavy atom. The monoisotopic (exact) mass is 387 g/mol. The molecule has 0 aliphatic rings. The van der Waals surface area contributed by atoms with E-state index in [2.05, 4.69) is 32.7 Å². The minimum atomic E-state index is -0.489. The third-order valence-electron chi connectivity index (χ3n) is 3.98. The molecule has 0 spiro atoms. The van der Waals surface area contributed by atoms with Crippen molar-refractivity contribution in [3.8, 4) is 5.75 Å². The summed E-state index contributed by atoms with van der Waals surface area (Å²) in [7, 11) is 0. The summed E-state index contributed by atoms with van der Waals surface area (Å²) < 4.78 is 7.30. The largest absolute Gasteiger partial charge is 0.484 e. The molecule has 0 radical (unpaired) electrons. The van der Waals surface area contributed by atoms with Crippen LogP contribution in [0.3, 0.4) is 0 Å². The second-order valence-electron chi connectivity index (χ2n) is 6.13. The predicted molar refractivity (Wildman–Crippen MR) is 108 cm³/mol. The minimum absolute atomic E-state index is 0.115. The average Bonchev–Trinajstić information content (AvgIpc) is 3.15. The van der Waals surface area contributed by atoms with E-state index in [-0.39, 0.29) is 6.61 Å². The normalized spacial score (nSPS) is 11.3. The zero-order chi connectivity index (χ0) is 20.2. The van der Waals surface area contributed by atoms with Gasteiger partial charge in [-0.2, -0.15) is 0 Å². The first-order chi connectivity index (χ1) is 13.6. The van der Waals surface area contributed by atoms with Crippen molar-refractivity contribution in [1.82, 2.24) is 25.4 Å². The maximum Gasteiger partial charge on any atom is 0.255 e. The number of aromatic nitrogens is 3. The molecule has 0 bridgehead atoms. The number of rotatable bonds is 11. The molecule has 0 fully saturated rings. The van der Waals surface area contributed by atoms with Crippen LogP contribution in [0.4, 0.5) is 0 Å². The van der Waals surface area contributed by atoms with Crippen molar-refractivity contribution in [3.05, 3.63) is 42.0 Å². The number of carbonyl (C=O) groups excluding carboxylic acids is 1. The van der Waals surface area contributed by atoms with Crippen LogP contribution in [0, 0.1) is 0 Å². The van der Waals surface area contributed by atoms with E-state index in [1.54, 1.807) is 6.33 Å². The van der Waals surface area contributed by atoms with Gasteiger partial charge in [-0.15, -0.1) is 10.2 Å². The summed E-state index contributed by atoms with van der Waals surface area (Å²) in [5.41, 5.74) is 6.21. The fraction of sp³-hybridized carbons (Fsp3) is 0.474. The van der Waals surface area contributed by atoms with Crippen molar-refractivity contribution in [3.63, 3.8) is 0 Å². The zero-order valence-electron chi connectivity index (χ0n) is 16.5. The van der Waals surface area contributed by atoms with E-state index < -0.39 is 5.91 Å². The molecule has 0 aliphatic carbocycles. The van der Waals surface area contributed by atoms with Gasteiger partial charge in [-0.1, -0.05) is 19.1 Å². The van der Waals surface area contributed by atoms with Gasteiger partial charge in [0.2, 0.25) is 0 Å². The number of guanidine groups is 1. The molecule has 0 aliphatic heterocycles. The lowest BCUT2D eigenvalue weighted by atomic mass is 10.1. The highest BCUT2D eigenvalue weighted by Gasteiger charge is 2.03. The number of benzene rings is 1. The standard InChI is InChI=1S/C19H29N7O2/c1-3-18-25-24-14-26(18)12-11-23-19(21-4-2)22-10-9-15-5-7-16(8-6-15)28-13-17(20)27/h5-8,14H,3-4,9-13H2,1-2H3,(H2,20,27)(H2,21,22,23). The summed E-state index contributed by atoms with van der Waals surface area (Å²) in [6.45, 7) is 6.97. The molecule has 1 heterocycles. The molecule has 1 aromatic carbocycles. The predicted octanol–water partition coefficient (Wildman–Crippen LogP) is 0.502. The smallest absolute Gasteiger partial charge is 0.255 e. The van der Waals surface area contributed by atoms with E-state index in [0.717, 1.165) is 49.8 Å². The lowest BCUT2D eigenvalue weighted by molar-refractivity contribution is -0.119. The number of hydrogen-bond donors (Lipinski definition) is 3. The molecule has 2 rings (SSSR count). The van der Waals surface area contributed by atoms with Crippen LogP contribution in [0.1, 0.15) is 25.2 Å². The summed E-state index contributed by atoms with van der Waals surface area (Å²) >= 11 is 0. The van der Waals surface area contributed by atoms with E-state index in [0.29, 0.717) is 12.3 Å². The molecule has 0 saturated carbocycles. The molecule has 0 atom stereocenters. The third-order valence-corrected chi connectivity index (χ3v) is 3.98. The van der Waals surface area contributed by atoms with Gasteiger partial charge in [0.1, 0.15) is 17.9 Å². The zero-order valence-corrected chi connectivity index (χ0v) is 16.5. The first kappa shape index (κ1) is 21.2. The van der Waals surface area contributed by atoms with Crippen molar-refractivity contribution >= 4 is 11.9 Å². The number of aryl methyl sites for hydroxylation is 1. The van der Waals surface area contributed by atoms with Crippen molar-refractivity contribution in [1.29, 1.82) is 0 Å². The first-order valence-corrected chi connectivity index (χ1v) is 9.51. The second kappa shape index (κ2) is 11.6. The fourth-order valence-corrected chi connectivity index (χ4v) is 2.58. The molecule has 2 aromatic rings. The number of hydrogen-bond acceptors (Lipinski definition) is 5. The van der Waals surface area contributed by atoms with E-state index >= 15 is 0 Å². The Kier molecular flexibility index (Phi) is 8.77. The molecular formula is C19H29N7O2. The number of nitrogens with one attached hydrogen (secondary N) is 2. The van der Waals surface area contributed by atoms with Crippen LogP contribution in [0.15, 0.2) is 35.6 Å². The average molecular weight is 387 g/mol. The number of nitrogens with zero attached hydrogens (tertiary/aromatic N) is 4. The number of ether oxygens (including phenoxy) is 1. The summed E-state index contributed by atoms with van der Waals surface area (Å²) in [6, 6.07) is 7.58. The lowest BCUT2D eigenvalue weighted by Crippen LogP contribution is -2.39. The van der Waals surface area contributed by atoms with Crippen molar-refractivity contribution in [2.24, 2.45) is 10.7 Å². The summed E-state index contributed by atoms with van der Waals surface area (Å²) in [6.07, 6.45) is 3.42. The lowest BCUT2D eigenvalue weighted by Gasteiger charge is -2.12. The molecule has 9 heteroatoms. The quantitative estimate of drug-likeness (QED) is 0.382. The summed E-state index contributed by atoms with van der Waals surface area (Å²) in [4.78, 5) is 15.3. The van der Waals surface area contributed by atoms with E-state index in [4.69, 9.17) is 10.5 Å². The molecule has 1 amide bonds. The van der Waals surface area contributed by atoms with E-state index in [1.165, 1.54) is 0 Å². The van der Waals surface area contributed by atoms with Crippen LogP contribution < -0.4 is 21.1 Å². The highest BCUT2D eigenvalue weighted by atomic mass is 16.5. The molecule has 1 aromatic heterocycles. The second-order valence-corrected chi connectivity index (χ2v) is 6.13. The Morgan fingerprint density at radius 1 is 1.25 bits per heavy atom. The van der Waals surface area contributed by atoms with Gasteiger partial charge in [-0.05, 0) is 31.0 Å². The van der Waals surface area contributed by atoms with E-state index in [9.17, 15) is 4.79 Å². The van der Waals surface area contributed by atoms with Crippen molar-refractivity contribution < 1.29 is 9.53 Å². The number of aliphatic imine (C=N–C) groups is 1. The molecule has 28 heavy (non-hydrogen) atoms. The van der Waals surface area contributed by atoms with Gasteiger partial charge in [0.25, 0.3) is 5.91 Å². The van der Waals surface area contributed by atoms with Crippen LogP contribution >= 0.6 is 0 Å². The number of nitrogens with two attached hydrogens (primary N) is 1. The molecule has 0 saturated heterocycles. The highest BCUT2D eigenvalue weighted by molar-refractivity contribution is 5.79. The Bertz CT molecular complexity index is 756. The molecule has 9 nitrogen and oxygen atoms in total. The molecule has 4 N–H and O–H groups in total. The van der Waals surface area contributed by atoms with Gasteiger partial charge in [-0.3, -0.25) is 9.79 Å². The van der Waals surface area contributed by atoms with Crippen LogP contribution in [0.25, 0.3) is 0 Å². The Labute approximate surface area is 165 Å². The van der Waals surface area contributed by atoms with Crippen LogP contribution in [0.2, 0.25) is 0 Å². The number of primary amides is 1. The number of carbonyl (C=O) groups is 1. The van der Waals surface area contributed by atoms with Gasteiger partial charge in [0, 0.05) is 32.6 Å². The summed E-state index contributed by atoms with van der Waals surface area (Å²) in [5.74, 6) is 1.90. The first-order valence-electron chi connectivity index (χ1n) is 9.51. The van der Waals surface area contributed by atoms with Gasteiger partial charge in [0.15, 0.2) is 12.6 Å². The Balaban J connectivity index is 1.79.